The first kappa shape index (κ1) is 23.4. The molecule has 0 aliphatic rings. The molecule has 10 heteroatoms. The van der Waals surface area contributed by atoms with E-state index >= 15 is 0 Å². The zero-order chi connectivity index (χ0) is 25.1. The molecule has 0 aliphatic carbocycles. The first-order chi connectivity index (χ1) is 16.8. The lowest BCUT2D eigenvalue weighted by Crippen LogP contribution is -2.29. The second-order valence-electron chi connectivity index (χ2n) is 7.54. The zero-order valence-corrected chi connectivity index (χ0v) is 18.8. The van der Waals surface area contributed by atoms with Crippen LogP contribution >= 0.6 is 0 Å². The third-order valence-electron chi connectivity index (χ3n) is 5.29. The third-order valence-corrected chi connectivity index (χ3v) is 5.29. The molecule has 4 rings (SSSR count). The SMILES string of the molecule is CN/C(C)=C(\C(N)=O)C(=O)Nc1ccc(Oc2ccnn3ccc(-c4cccc(F)c4)c23)c(F)c1. The highest BCUT2D eigenvalue weighted by atomic mass is 19.1. The Bertz CT molecular complexity index is 1480. The Morgan fingerprint density at radius 1 is 1.06 bits per heavy atom. The quantitative estimate of drug-likeness (QED) is 0.212. The number of allylic oxidation sites excluding steroid dienone is 1. The van der Waals surface area contributed by atoms with Crippen LogP contribution in [0, 0.1) is 11.6 Å². The standard InChI is InChI=1S/C25H21F2N5O3/c1-14(29-2)22(24(28)33)25(34)31-17-6-7-20(19(27)13-17)35-21-8-10-30-32-11-9-18(23(21)32)15-4-3-5-16(26)12-15/h3-13,29H,1-2H3,(H2,28,33)(H,31,34)/b22-14+. The molecule has 2 aromatic heterocycles. The van der Waals surface area contributed by atoms with E-state index in [1.54, 1.807) is 35.0 Å². The molecule has 0 atom stereocenters. The van der Waals surface area contributed by atoms with Gasteiger partial charge in [-0.1, -0.05) is 12.1 Å². The predicted molar refractivity (Wildman–Crippen MR) is 127 cm³/mol. The average Bonchev–Trinajstić information content (AvgIpc) is 3.26. The lowest BCUT2D eigenvalue weighted by Gasteiger charge is -2.12. The molecule has 0 saturated heterocycles. The summed E-state index contributed by atoms with van der Waals surface area (Å²) in [7, 11) is 1.54. The van der Waals surface area contributed by atoms with Crippen LogP contribution in [0.1, 0.15) is 6.92 Å². The highest BCUT2D eigenvalue weighted by molar-refractivity contribution is 6.22. The molecule has 4 N–H and O–H groups in total. The summed E-state index contributed by atoms with van der Waals surface area (Å²) in [4.78, 5) is 24.1. The van der Waals surface area contributed by atoms with E-state index in [0.29, 0.717) is 22.4 Å². The summed E-state index contributed by atoms with van der Waals surface area (Å²) in [6, 6.07) is 13.2. The number of ether oxygens (including phenoxy) is 1. The topological polar surface area (TPSA) is 111 Å². The van der Waals surface area contributed by atoms with Crippen molar-refractivity contribution in [1.29, 1.82) is 0 Å². The number of nitrogens with zero attached hydrogens (tertiary/aromatic N) is 2. The summed E-state index contributed by atoms with van der Waals surface area (Å²) in [6.45, 7) is 1.52. The van der Waals surface area contributed by atoms with Gasteiger partial charge in [0.25, 0.3) is 11.8 Å². The summed E-state index contributed by atoms with van der Waals surface area (Å²) < 4.78 is 36.1. The number of rotatable bonds is 7. The van der Waals surface area contributed by atoms with Crippen LogP contribution in [0.25, 0.3) is 16.6 Å². The van der Waals surface area contributed by atoms with Crippen molar-refractivity contribution in [2.75, 3.05) is 12.4 Å². The fourth-order valence-corrected chi connectivity index (χ4v) is 3.55. The number of hydrogen-bond donors (Lipinski definition) is 3. The molecular weight excluding hydrogens is 456 g/mol. The van der Waals surface area contributed by atoms with Gasteiger partial charge in [-0.2, -0.15) is 5.10 Å². The molecule has 8 nitrogen and oxygen atoms in total. The number of nitrogens with one attached hydrogen (secondary N) is 2. The van der Waals surface area contributed by atoms with Gasteiger partial charge in [0, 0.05) is 42.3 Å². The largest absolute Gasteiger partial charge is 0.452 e. The zero-order valence-electron chi connectivity index (χ0n) is 18.8. The van der Waals surface area contributed by atoms with Crippen molar-refractivity contribution in [1.82, 2.24) is 14.9 Å². The maximum absolute atomic E-state index is 14.9. The van der Waals surface area contributed by atoms with Crippen molar-refractivity contribution in [2.24, 2.45) is 5.73 Å². The summed E-state index contributed by atoms with van der Waals surface area (Å²) in [6.07, 6.45) is 3.18. The minimum absolute atomic E-state index is 0.102. The fourth-order valence-electron chi connectivity index (χ4n) is 3.55. The van der Waals surface area contributed by atoms with Crippen LogP contribution in [0.15, 0.2) is 78.3 Å². The Morgan fingerprint density at radius 2 is 1.86 bits per heavy atom. The van der Waals surface area contributed by atoms with E-state index < -0.39 is 23.4 Å². The van der Waals surface area contributed by atoms with Crippen molar-refractivity contribution in [2.45, 2.75) is 6.92 Å². The molecule has 0 bridgehead atoms. The number of halogens is 2. The number of nitrogens with two attached hydrogens (primary N) is 1. The molecule has 178 valence electrons. The highest BCUT2D eigenvalue weighted by Crippen LogP contribution is 2.35. The van der Waals surface area contributed by atoms with Crippen LogP contribution in [-0.2, 0) is 9.59 Å². The molecule has 2 aromatic carbocycles. The van der Waals surface area contributed by atoms with Crippen LogP contribution in [0.2, 0.25) is 0 Å². The average molecular weight is 477 g/mol. The molecule has 4 aromatic rings. The normalized spacial score (nSPS) is 11.7. The van der Waals surface area contributed by atoms with Crippen LogP contribution in [0.4, 0.5) is 14.5 Å². The van der Waals surface area contributed by atoms with E-state index in [0.717, 1.165) is 6.07 Å². The third kappa shape index (κ3) is 4.81. The second-order valence-corrected chi connectivity index (χ2v) is 7.54. The molecule has 0 aliphatic heterocycles. The lowest BCUT2D eigenvalue weighted by molar-refractivity contribution is -0.119. The first-order valence-electron chi connectivity index (χ1n) is 10.5. The van der Waals surface area contributed by atoms with Gasteiger partial charge >= 0.3 is 0 Å². The van der Waals surface area contributed by atoms with Gasteiger partial charge in [0.1, 0.15) is 16.9 Å². The number of amides is 2. The fraction of sp³-hybridized carbons (Fsp3) is 0.0800. The minimum atomic E-state index is -0.919. The maximum Gasteiger partial charge on any atom is 0.263 e. The number of carbonyl (C=O) groups is 2. The lowest BCUT2D eigenvalue weighted by atomic mass is 10.1. The maximum atomic E-state index is 14.9. The molecule has 35 heavy (non-hydrogen) atoms. The summed E-state index contributed by atoms with van der Waals surface area (Å²) >= 11 is 0. The molecule has 0 fully saturated rings. The van der Waals surface area contributed by atoms with Crippen molar-refractivity contribution < 1.29 is 23.1 Å². The van der Waals surface area contributed by atoms with Crippen molar-refractivity contribution >= 4 is 23.0 Å². The summed E-state index contributed by atoms with van der Waals surface area (Å²) in [5.41, 5.74) is 7.18. The van der Waals surface area contributed by atoms with Crippen molar-refractivity contribution in [3.8, 4) is 22.6 Å². The van der Waals surface area contributed by atoms with Crippen LogP contribution in [0.3, 0.4) is 0 Å². The van der Waals surface area contributed by atoms with E-state index in [-0.39, 0.29) is 22.7 Å². The molecule has 2 amide bonds. The number of primary amides is 1. The summed E-state index contributed by atoms with van der Waals surface area (Å²) in [5.74, 6) is -2.66. The summed E-state index contributed by atoms with van der Waals surface area (Å²) in [5, 5.41) is 9.37. The number of aromatic nitrogens is 2. The van der Waals surface area contributed by atoms with Crippen molar-refractivity contribution in [3.63, 3.8) is 0 Å². The van der Waals surface area contributed by atoms with Gasteiger partial charge in [0.05, 0.1) is 6.20 Å². The number of hydrogen-bond acceptors (Lipinski definition) is 5. The van der Waals surface area contributed by atoms with Gasteiger partial charge in [-0.05, 0) is 42.8 Å². The Balaban J connectivity index is 1.64. The van der Waals surface area contributed by atoms with Gasteiger partial charge in [0.2, 0.25) is 0 Å². The Morgan fingerprint density at radius 3 is 2.54 bits per heavy atom. The highest BCUT2D eigenvalue weighted by Gasteiger charge is 2.20. The van der Waals surface area contributed by atoms with Crippen LogP contribution in [0.5, 0.6) is 11.5 Å². The number of anilines is 1. The van der Waals surface area contributed by atoms with E-state index in [1.807, 2.05) is 0 Å². The molecule has 0 saturated carbocycles. The number of benzene rings is 2. The predicted octanol–water partition coefficient (Wildman–Crippen LogP) is 3.99. The first-order valence-corrected chi connectivity index (χ1v) is 10.5. The van der Waals surface area contributed by atoms with E-state index in [2.05, 4.69) is 15.7 Å². The Hall–Kier alpha value is -4.73. The van der Waals surface area contributed by atoms with Gasteiger partial charge in [-0.15, -0.1) is 0 Å². The number of fused-ring (bicyclic) bond motifs is 1. The van der Waals surface area contributed by atoms with Gasteiger partial charge < -0.3 is 21.1 Å². The Kier molecular flexibility index (Phi) is 6.45. The second kappa shape index (κ2) is 9.64. The molecule has 0 radical (unpaired) electrons. The molecule has 2 heterocycles. The van der Waals surface area contributed by atoms with Gasteiger partial charge in [-0.3, -0.25) is 9.59 Å². The van der Waals surface area contributed by atoms with Crippen LogP contribution in [-0.4, -0.2) is 28.5 Å². The van der Waals surface area contributed by atoms with Crippen molar-refractivity contribution in [3.05, 3.63) is 89.9 Å². The van der Waals surface area contributed by atoms with Gasteiger partial charge in [0.15, 0.2) is 17.3 Å². The number of carbonyl (C=O) groups excluding carboxylic acids is 2. The van der Waals surface area contributed by atoms with E-state index in [4.69, 9.17) is 10.5 Å². The molecule has 0 unspecified atom stereocenters. The Labute approximate surface area is 199 Å². The van der Waals surface area contributed by atoms with E-state index in [1.165, 1.54) is 44.4 Å². The minimum Gasteiger partial charge on any atom is -0.452 e. The van der Waals surface area contributed by atoms with Crippen LogP contribution < -0.4 is 21.1 Å². The molecular formula is C25H21F2N5O3. The van der Waals surface area contributed by atoms with Gasteiger partial charge in [-0.25, -0.2) is 13.3 Å². The smallest absolute Gasteiger partial charge is 0.263 e. The van der Waals surface area contributed by atoms with E-state index in [9.17, 15) is 18.4 Å². The monoisotopic (exact) mass is 477 g/mol. The molecule has 0 spiro atoms.